The van der Waals surface area contributed by atoms with Crippen molar-refractivity contribution in [3.63, 3.8) is 0 Å². The molecule has 0 fully saturated rings. The summed E-state index contributed by atoms with van der Waals surface area (Å²) in [6.07, 6.45) is -1.56. The van der Waals surface area contributed by atoms with Crippen LogP contribution in [0.1, 0.15) is 17.2 Å². The first-order chi connectivity index (χ1) is 20.3. The van der Waals surface area contributed by atoms with Crippen LogP contribution in [0.15, 0.2) is 69.9 Å². The Morgan fingerprint density at radius 2 is 1.28 bits per heavy atom. The van der Waals surface area contributed by atoms with E-state index in [0.29, 0.717) is 11.1 Å². The summed E-state index contributed by atoms with van der Waals surface area (Å²) in [4.78, 5) is 12.1. The molecule has 10 N–H and O–H groups in total. The fourth-order valence-corrected chi connectivity index (χ4v) is 4.60. The zero-order valence-corrected chi connectivity index (χ0v) is 21.8. The van der Waals surface area contributed by atoms with E-state index >= 15 is 0 Å². The van der Waals surface area contributed by atoms with E-state index < -0.39 is 34.9 Å². The van der Waals surface area contributed by atoms with Gasteiger partial charge in [-0.25, -0.2) is 0 Å². The number of hydrogen-bond donors (Lipinski definition) is 10. The molecule has 2 heterocycles. The molecular formula is C30H24O13. The molecule has 1 aliphatic rings. The lowest BCUT2D eigenvalue weighted by Gasteiger charge is -2.31. The lowest BCUT2D eigenvalue weighted by molar-refractivity contribution is 0.0197. The largest absolute Gasteiger partial charge is 0.508 e. The van der Waals surface area contributed by atoms with Gasteiger partial charge in [-0.15, -0.1) is 0 Å². The van der Waals surface area contributed by atoms with Gasteiger partial charge in [-0.2, -0.15) is 0 Å². The molecule has 222 valence electrons. The van der Waals surface area contributed by atoms with Crippen molar-refractivity contribution in [3.05, 3.63) is 82.0 Å². The summed E-state index contributed by atoms with van der Waals surface area (Å²) in [5, 5.41) is 95.9. The SMILES string of the molecule is O=c1c(O)c(-c2ccc(O)c(O)c2)oc2cc(O)cc(O)c12.Oc1cc(O)c2c(c1)O[C@H](c1ccc(O)c(O)c1)[C@H](O)C2. The van der Waals surface area contributed by atoms with Crippen molar-refractivity contribution in [1.29, 1.82) is 0 Å². The molecule has 1 aromatic heterocycles. The second kappa shape index (κ2) is 10.8. The number of hydrogen-bond acceptors (Lipinski definition) is 13. The Hall–Kier alpha value is -5.95. The zero-order chi connectivity index (χ0) is 31.2. The smallest absolute Gasteiger partial charge is 0.238 e. The summed E-state index contributed by atoms with van der Waals surface area (Å²) in [5.41, 5.74) is 0.00430. The number of phenols is 8. The molecule has 13 nitrogen and oxygen atoms in total. The molecule has 0 saturated carbocycles. The monoisotopic (exact) mass is 592 g/mol. The maximum Gasteiger partial charge on any atom is 0.238 e. The normalized spacial score (nSPS) is 15.7. The number of ether oxygens (including phenoxy) is 1. The van der Waals surface area contributed by atoms with Gasteiger partial charge < -0.3 is 60.2 Å². The molecule has 0 bridgehead atoms. The zero-order valence-electron chi connectivity index (χ0n) is 21.8. The highest BCUT2D eigenvalue weighted by molar-refractivity contribution is 5.88. The summed E-state index contributed by atoms with van der Waals surface area (Å²) < 4.78 is 11.0. The van der Waals surface area contributed by atoms with Gasteiger partial charge >= 0.3 is 0 Å². The quantitative estimate of drug-likeness (QED) is 0.132. The third-order valence-electron chi connectivity index (χ3n) is 6.69. The van der Waals surface area contributed by atoms with E-state index in [0.717, 1.165) is 24.3 Å². The van der Waals surface area contributed by atoms with E-state index in [-0.39, 0.29) is 69.0 Å². The molecule has 0 spiro atoms. The second-order valence-corrected chi connectivity index (χ2v) is 9.65. The molecule has 0 unspecified atom stereocenters. The van der Waals surface area contributed by atoms with Gasteiger partial charge in [-0.05, 0) is 35.9 Å². The van der Waals surface area contributed by atoms with Crippen molar-refractivity contribution < 1.29 is 60.2 Å². The lowest BCUT2D eigenvalue weighted by atomic mass is 9.94. The number of phenolic OH excluding ortho intramolecular Hbond substituents is 8. The highest BCUT2D eigenvalue weighted by atomic mass is 16.5. The van der Waals surface area contributed by atoms with E-state index in [1.165, 1.54) is 36.4 Å². The van der Waals surface area contributed by atoms with Gasteiger partial charge in [0.25, 0.3) is 0 Å². The average molecular weight is 593 g/mol. The fraction of sp³-hybridized carbons (Fsp3) is 0.100. The van der Waals surface area contributed by atoms with Crippen molar-refractivity contribution in [3.8, 4) is 68.8 Å². The Labute approximate surface area is 240 Å². The first kappa shape index (κ1) is 28.6. The Morgan fingerprint density at radius 3 is 1.95 bits per heavy atom. The predicted molar refractivity (Wildman–Crippen MR) is 149 cm³/mol. The van der Waals surface area contributed by atoms with Crippen LogP contribution in [0, 0.1) is 0 Å². The molecule has 43 heavy (non-hydrogen) atoms. The van der Waals surface area contributed by atoms with Crippen LogP contribution in [0.5, 0.6) is 57.5 Å². The van der Waals surface area contributed by atoms with Crippen LogP contribution in [0.3, 0.4) is 0 Å². The predicted octanol–water partition coefficient (Wildman–Crippen LogP) is 3.53. The van der Waals surface area contributed by atoms with Gasteiger partial charge in [0.2, 0.25) is 11.2 Å². The maximum atomic E-state index is 12.1. The topological polar surface area (TPSA) is 242 Å². The van der Waals surface area contributed by atoms with Crippen molar-refractivity contribution in [2.75, 3.05) is 0 Å². The third-order valence-corrected chi connectivity index (χ3v) is 6.69. The van der Waals surface area contributed by atoms with Crippen LogP contribution in [-0.4, -0.2) is 57.2 Å². The first-order valence-electron chi connectivity index (χ1n) is 12.5. The highest BCUT2D eigenvalue weighted by Gasteiger charge is 2.32. The Balaban J connectivity index is 0.000000171. The van der Waals surface area contributed by atoms with E-state index in [1.54, 1.807) is 0 Å². The second-order valence-electron chi connectivity index (χ2n) is 9.65. The Kier molecular flexibility index (Phi) is 7.17. The van der Waals surface area contributed by atoms with Crippen molar-refractivity contribution in [2.24, 2.45) is 0 Å². The number of benzene rings is 4. The third kappa shape index (κ3) is 5.39. The minimum absolute atomic E-state index is 0.134. The minimum atomic E-state index is -0.933. The van der Waals surface area contributed by atoms with Crippen LogP contribution in [0.4, 0.5) is 0 Å². The average Bonchev–Trinajstić information content (AvgIpc) is 2.94. The highest BCUT2D eigenvalue weighted by Crippen LogP contribution is 2.43. The van der Waals surface area contributed by atoms with Crippen molar-refractivity contribution in [1.82, 2.24) is 0 Å². The van der Waals surface area contributed by atoms with Gasteiger partial charge in [0.1, 0.15) is 45.8 Å². The maximum absolute atomic E-state index is 12.1. The molecule has 0 amide bonds. The summed E-state index contributed by atoms with van der Waals surface area (Å²) in [6, 6.07) is 12.3. The van der Waals surface area contributed by atoms with E-state index in [2.05, 4.69) is 0 Å². The molecule has 4 aromatic carbocycles. The molecule has 13 heteroatoms. The van der Waals surface area contributed by atoms with Crippen molar-refractivity contribution >= 4 is 11.0 Å². The molecule has 1 aliphatic heterocycles. The standard InChI is InChI=1S/C15H10O7.C15H14O6/c16-7-4-10(19)12-11(5-7)22-15(14(21)13(12)20)6-1-2-8(17)9(18)3-6;16-8-4-11(18)9-6-13(20)15(21-14(9)5-8)7-1-2-10(17)12(19)3-7/h1-5,16-19,21H;1-5,13,15-20H,6H2/t;13-,15-/m.1/s1. The molecule has 6 rings (SSSR count). The van der Waals surface area contributed by atoms with E-state index in [1.807, 2.05) is 0 Å². The van der Waals surface area contributed by atoms with Crippen LogP contribution in [0.2, 0.25) is 0 Å². The summed E-state index contributed by atoms with van der Waals surface area (Å²) in [6.45, 7) is 0. The van der Waals surface area contributed by atoms with E-state index in [4.69, 9.17) is 9.15 Å². The van der Waals surface area contributed by atoms with Gasteiger partial charge in [0, 0.05) is 41.8 Å². The lowest BCUT2D eigenvalue weighted by Crippen LogP contribution is -2.30. The molecule has 5 aromatic rings. The van der Waals surface area contributed by atoms with Crippen LogP contribution < -0.4 is 10.2 Å². The molecule has 0 aliphatic carbocycles. The number of rotatable bonds is 2. The Bertz CT molecular complexity index is 1930. The Morgan fingerprint density at radius 1 is 0.651 bits per heavy atom. The fourth-order valence-electron chi connectivity index (χ4n) is 4.60. The number of aliphatic hydroxyl groups excluding tert-OH is 1. The molecular weight excluding hydrogens is 568 g/mol. The van der Waals surface area contributed by atoms with Gasteiger partial charge in [-0.3, -0.25) is 4.79 Å². The number of aromatic hydroxyl groups is 9. The minimum Gasteiger partial charge on any atom is -0.508 e. The van der Waals surface area contributed by atoms with Crippen LogP contribution >= 0.6 is 0 Å². The molecule has 2 atom stereocenters. The van der Waals surface area contributed by atoms with Gasteiger partial charge in [-0.1, -0.05) is 6.07 Å². The summed E-state index contributed by atoms with van der Waals surface area (Å²) >= 11 is 0. The van der Waals surface area contributed by atoms with Gasteiger partial charge in [0.05, 0.1) is 6.10 Å². The van der Waals surface area contributed by atoms with Gasteiger partial charge in [0.15, 0.2) is 28.8 Å². The van der Waals surface area contributed by atoms with Crippen molar-refractivity contribution in [2.45, 2.75) is 18.6 Å². The molecule has 0 radical (unpaired) electrons. The first-order valence-corrected chi connectivity index (χ1v) is 12.5. The van der Waals surface area contributed by atoms with Crippen LogP contribution in [0.25, 0.3) is 22.3 Å². The van der Waals surface area contributed by atoms with Crippen LogP contribution in [-0.2, 0) is 6.42 Å². The number of aliphatic hydroxyl groups is 1. The van der Waals surface area contributed by atoms with E-state index in [9.17, 15) is 55.9 Å². The molecule has 0 saturated heterocycles. The summed E-state index contributed by atoms with van der Waals surface area (Å²) in [5.74, 6) is -3.30. The number of fused-ring (bicyclic) bond motifs is 2. The summed E-state index contributed by atoms with van der Waals surface area (Å²) in [7, 11) is 0.